The fraction of sp³-hybridized carbons (Fsp3) is 0.257. The molecule has 4 rings (SSSR count). The first-order chi connectivity index (χ1) is 21.2. The zero-order valence-electron chi connectivity index (χ0n) is 25.7. The van der Waals surface area contributed by atoms with Crippen molar-refractivity contribution in [3.8, 4) is 0 Å². The van der Waals surface area contributed by atoms with Crippen LogP contribution in [0.4, 0.5) is 5.69 Å². The Balaban J connectivity index is 1.82. The molecule has 0 saturated heterocycles. The highest BCUT2D eigenvalue weighted by atomic mass is 35.5. The number of nitrogens with one attached hydrogen (secondary N) is 1. The van der Waals surface area contributed by atoms with Crippen LogP contribution in [0.3, 0.4) is 0 Å². The first kappa shape index (κ1) is 34.0. The molecule has 1 atom stereocenters. The van der Waals surface area contributed by atoms with Crippen LogP contribution in [0.15, 0.2) is 108 Å². The third kappa shape index (κ3) is 9.33. The minimum Gasteiger partial charge on any atom is -0.350 e. The van der Waals surface area contributed by atoms with Gasteiger partial charge in [-0.25, -0.2) is 8.42 Å². The molecule has 1 N–H and O–H groups in total. The summed E-state index contributed by atoms with van der Waals surface area (Å²) < 4.78 is 29.2. The Morgan fingerprint density at radius 2 is 1.44 bits per heavy atom. The van der Waals surface area contributed by atoms with E-state index in [9.17, 15) is 18.0 Å². The van der Waals surface area contributed by atoms with Gasteiger partial charge in [-0.15, -0.1) is 0 Å². The predicted molar refractivity (Wildman–Crippen MR) is 181 cm³/mol. The minimum atomic E-state index is -4.26. The number of anilines is 1. The van der Waals surface area contributed by atoms with Gasteiger partial charge in [0, 0.05) is 28.5 Å². The number of nitrogens with zero attached hydrogens (tertiary/aromatic N) is 2. The van der Waals surface area contributed by atoms with Crippen molar-refractivity contribution in [3.05, 3.63) is 130 Å². The number of hydrogen-bond acceptors (Lipinski definition) is 4. The summed E-state index contributed by atoms with van der Waals surface area (Å²) in [5.41, 5.74) is 2.29. The van der Waals surface area contributed by atoms with Gasteiger partial charge in [0.1, 0.15) is 12.6 Å². The van der Waals surface area contributed by atoms with E-state index < -0.39 is 34.1 Å². The summed E-state index contributed by atoms with van der Waals surface area (Å²) in [6.07, 6.45) is 0.224. The van der Waals surface area contributed by atoms with E-state index in [-0.39, 0.29) is 29.5 Å². The average molecular weight is 667 g/mol. The van der Waals surface area contributed by atoms with Crippen molar-refractivity contribution >= 4 is 50.7 Å². The molecule has 236 valence electrons. The van der Waals surface area contributed by atoms with Gasteiger partial charge in [-0.05, 0) is 81.3 Å². The van der Waals surface area contributed by atoms with Crippen LogP contribution in [0.25, 0.3) is 0 Å². The van der Waals surface area contributed by atoms with Crippen molar-refractivity contribution in [3.63, 3.8) is 0 Å². The van der Waals surface area contributed by atoms with E-state index >= 15 is 0 Å². The highest BCUT2D eigenvalue weighted by molar-refractivity contribution is 7.92. The van der Waals surface area contributed by atoms with E-state index in [1.807, 2.05) is 82.3 Å². The van der Waals surface area contributed by atoms with E-state index in [0.29, 0.717) is 10.0 Å². The van der Waals surface area contributed by atoms with E-state index in [1.165, 1.54) is 35.2 Å². The molecule has 0 aliphatic carbocycles. The summed E-state index contributed by atoms with van der Waals surface area (Å²) in [4.78, 5) is 29.9. The number of carbonyl (C=O) groups is 2. The number of halogens is 2. The summed E-state index contributed by atoms with van der Waals surface area (Å²) in [5, 5.41) is 3.71. The molecule has 10 heteroatoms. The number of amides is 2. The molecule has 0 spiro atoms. The Hall–Kier alpha value is -3.85. The van der Waals surface area contributed by atoms with Crippen molar-refractivity contribution < 1.29 is 18.0 Å². The van der Waals surface area contributed by atoms with Crippen molar-refractivity contribution in [2.75, 3.05) is 10.8 Å². The third-order valence-electron chi connectivity index (χ3n) is 6.98. The molecule has 0 aliphatic heterocycles. The second kappa shape index (κ2) is 14.5. The monoisotopic (exact) mass is 665 g/mol. The molecule has 0 aromatic heterocycles. The lowest BCUT2D eigenvalue weighted by atomic mass is 10.0. The standard InChI is InChI=1S/C35H37Cl2N3O4S/c1-25-10-8-13-27(20-25)23-39(32(34(42)38-35(2,3)4)21-26-11-6-5-7-12-26)33(41)24-40(30-15-9-14-29(37)22-30)45(43,44)31-18-16-28(36)17-19-31/h5-20,22,32H,21,23-24H2,1-4H3,(H,38,42). The van der Waals surface area contributed by atoms with Crippen LogP contribution in [0.2, 0.25) is 10.0 Å². The lowest BCUT2D eigenvalue weighted by Crippen LogP contribution is -2.56. The number of rotatable bonds is 11. The van der Waals surface area contributed by atoms with Gasteiger partial charge < -0.3 is 10.2 Å². The van der Waals surface area contributed by atoms with Crippen LogP contribution in [0.1, 0.15) is 37.5 Å². The van der Waals surface area contributed by atoms with E-state index in [0.717, 1.165) is 21.0 Å². The molecule has 0 bridgehead atoms. The second-order valence-corrected chi connectivity index (χ2v) is 14.6. The van der Waals surface area contributed by atoms with Gasteiger partial charge >= 0.3 is 0 Å². The number of sulfonamides is 1. The molecule has 0 aliphatic rings. The molecular formula is C35H37Cl2N3O4S. The topological polar surface area (TPSA) is 86.8 Å². The quantitative estimate of drug-likeness (QED) is 0.186. The molecule has 0 heterocycles. The first-order valence-corrected chi connectivity index (χ1v) is 16.7. The molecular weight excluding hydrogens is 629 g/mol. The Labute approximate surface area is 275 Å². The van der Waals surface area contributed by atoms with Gasteiger partial charge in [0.05, 0.1) is 10.6 Å². The highest BCUT2D eigenvalue weighted by Crippen LogP contribution is 2.28. The molecule has 4 aromatic rings. The number of carbonyl (C=O) groups excluding carboxylic acids is 2. The van der Waals surface area contributed by atoms with Crippen LogP contribution >= 0.6 is 23.2 Å². The van der Waals surface area contributed by atoms with Crippen molar-refractivity contribution in [2.45, 2.75) is 57.1 Å². The summed E-state index contributed by atoms with van der Waals surface area (Å²) >= 11 is 12.3. The number of hydrogen-bond donors (Lipinski definition) is 1. The second-order valence-electron chi connectivity index (χ2n) is 11.9. The Kier molecular flexibility index (Phi) is 11.0. The fourth-order valence-electron chi connectivity index (χ4n) is 4.91. The summed E-state index contributed by atoms with van der Waals surface area (Å²) in [6, 6.07) is 28.2. The third-order valence-corrected chi connectivity index (χ3v) is 9.26. The van der Waals surface area contributed by atoms with Gasteiger partial charge in [-0.1, -0.05) is 89.4 Å². The van der Waals surface area contributed by atoms with E-state index in [2.05, 4.69) is 5.32 Å². The molecule has 7 nitrogen and oxygen atoms in total. The lowest BCUT2D eigenvalue weighted by Gasteiger charge is -2.35. The van der Waals surface area contributed by atoms with Gasteiger partial charge in [-0.2, -0.15) is 0 Å². The molecule has 1 unspecified atom stereocenters. The van der Waals surface area contributed by atoms with Gasteiger partial charge in [0.2, 0.25) is 11.8 Å². The Morgan fingerprint density at radius 1 is 0.800 bits per heavy atom. The minimum absolute atomic E-state index is 0.0452. The maximum Gasteiger partial charge on any atom is 0.264 e. The molecule has 0 radical (unpaired) electrons. The number of aryl methyl sites for hydroxylation is 1. The zero-order valence-corrected chi connectivity index (χ0v) is 28.0. The van der Waals surface area contributed by atoms with Crippen molar-refractivity contribution in [1.29, 1.82) is 0 Å². The Bertz CT molecular complexity index is 1740. The van der Waals surface area contributed by atoms with Crippen LogP contribution in [0, 0.1) is 6.92 Å². The SMILES string of the molecule is Cc1cccc(CN(C(=O)CN(c2cccc(Cl)c2)S(=O)(=O)c2ccc(Cl)cc2)C(Cc2ccccc2)C(=O)NC(C)(C)C)c1. The summed E-state index contributed by atoms with van der Waals surface area (Å²) in [5.74, 6) is -0.902. The molecule has 0 saturated carbocycles. The van der Waals surface area contributed by atoms with Gasteiger partial charge in [0.15, 0.2) is 0 Å². The smallest absolute Gasteiger partial charge is 0.264 e. The molecule has 2 amide bonds. The number of benzene rings is 4. The zero-order chi connectivity index (χ0) is 32.8. The first-order valence-electron chi connectivity index (χ1n) is 14.5. The summed E-state index contributed by atoms with van der Waals surface area (Å²) in [7, 11) is -4.26. The molecule has 0 fully saturated rings. The van der Waals surface area contributed by atoms with Crippen molar-refractivity contribution in [1.82, 2.24) is 10.2 Å². The van der Waals surface area contributed by atoms with Crippen LogP contribution < -0.4 is 9.62 Å². The van der Waals surface area contributed by atoms with Crippen molar-refractivity contribution in [2.24, 2.45) is 0 Å². The predicted octanol–water partition coefficient (Wildman–Crippen LogP) is 7.05. The maximum atomic E-state index is 14.5. The lowest BCUT2D eigenvalue weighted by molar-refractivity contribution is -0.140. The molecule has 45 heavy (non-hydrogen) atoms. The van der Waals surface area contributed by atoms with E-state index in [1.54, 1.807) is 18.2 Å². The van der Waals surface area contributed by atoms with Crippen LogP contribution in [-0.4, -0.2) is 43.3 Å². The Morgan fingerprint density at radius 3 is 2.07 bits per heavy atom. The normalized spacial score (nSPS) is 12.3. The van der Waals surface area contributed by atoms with Crippen LogP contribution in [0.5, 0.6) is 0 Å². The largest absolute Gasteiger partial charge is 0.350 e. The van der Waals surface area contributed by atoms with Crippen LogP contribution in [-0.2, 0) is 32.6 Å². The maximum absolute atomic E-state index is 14.5. The fourth-order valence-corrected chi connectivity index (χ4v) is 6.62. The van der Waals surface area contributed by atoms with E-state index in [4.69, 9.17) is 23.2 Å². The van der Waals surface area contributed by atoms with Gasteiger partial charge in [-0.3, -0.25) is 13.9 Å². The highest BCUT2D eigenvalue weighted by Gasteiger charge is 2.35. The van der Waals surface area contributed by atoms with Gasteiger partial charge in [0.25, 0.3) is 10.0 Å². The summed E-state index contributed by atoms with van der Waals surface area (Å²) in [6.45, 7) is 7.07. The molecule has 4 aromatic carbocycles. The average Bonchev–Trinajstić information content (AvgIpc) is 2.97.